The van der Waals surface area contributed by atoms with Crippen LogP contribution in [0.5, 0.6) is 6.01 Å². The first-order valence-electron chi connectivity index (χ1n) is 7.06. The second-order valence-corrected chi connectivity index (χ2v) is 4.70. The topological polar surface area (TPSA) is 83.4 Å². The molecule has 0 saturated carbocycles. The lowest BCUT2D eigenvalue weighted by atomic mass is 10.3. The average molecular weight is 283 g/mol. The largest absolute Gasteiger partial charge is 0.463 e. The van der Waals surface area contributed by atoms with Crippen molar-refractivity contribution in [2.75, 3.05) is 37.0 Å². The normalized spacial score (nSPS) is 10.7. The van der Waals surface area contributed by atoms with Crippen molar-refractivity contribution in [1.82, 2.24) is 15.0 Å². The number of hydrogen-bond donors (Lipinski definition) is 2. The van der Waals surface area contributed by atoms with Crippen LogP contribution < -0.4 is 15.0 Å². The summed E-state index contributed by atoms with van der Waals surface area (Å²) >= 11 is 0. The Morgan fingerprint density at radius 1 is 1.30 bits per heavy atom. The van der Waals surface area contributed by atoms with Crippen molar-refractivity contribution in [3.63, 3.8) is 0 Å². The Morgan fingerprint density at radius 2 is 2.05 bits per heavy atom. The molecule has 7 heteroatoms. The fourth-order valence-corrected chi connectivity index (χ4v) is 1.67. The summed E-state index contributed by atoms with van der Waals surface area (Å²) in [5, 5.41) is 11.9. The van der Waals surface area contributed by atoms with Gasteiger partial charge in [-0.2, -0.15) is 15.0 Å². The Morgan fingerprint density at radius 3 is 2.60 bits per heavy atom. The first-order chi connectivity index (χ1) is 9.62. The predicted molar refractivity (Wildman–Crippen MR) is 79.3 cm³/mol. The Kier molecular flexibility index (Phi) is 7.00. The summed E-state index contributed by atoms with van der Waals surface area (Å²) in [6, 6.07) is 0.559. The smallest absolute Gasteiger partial charge is 0.323 e. The highest BCUT2D eigenvalue weighted by molar-refractivity contribution is 5.38. The minimum absolute atomic E-state index is 0.145. The number of hydrogen-bond acceptors (Lipinski definition) is 7. The number of rotatable bonds is 9. The minimum Gasteiger partial charge on any atom is -0.463 e. The molecule has 0 radical (unpaired) electrons. The third-order valence-electron chi connectivity index (χ3n) is 2.70. The van der Waals surface area contributed by atoms with Gasteiger partial charge in [-0.1, -0.05) is 6.92 Å². The van der Waals surface area contributed by atoms with E-state index in [1.807, 2.05) is 11.8 Å². The molecule has 0 unspecified atom stereocenters. The molecule has 1 aromatic rings. The van der Waals surface area contributed by atoms with E-state index in [-0.39, 0.29) is 12.6 Å². The minimum atomic E-state index is 0.145. The molecule has 0 aliphatic carbocycles. The summed E-state index contributed by atoms with van der Waals surface area (Å²) in [6.07, 6.45) is 1.57. The number of aromatic nitrogens is 3. The highest BCUT2D eigenvalue weighted by atomic mass is 16.5. The van der Waals surface area contributed by atoms with E-state index in [1.165, 1.54) is 0 Å². The number of anilines is 2. The van der Waals surface area contributed by atoms with Gasteiger partial charge in [0.05, 0.1) is 6.61 Å². The van der Waals surface area contributed by atoms with Crippen LogP contribution in [0, 0.1) is 0 Å². The maximum Gasteiger partial charge on any atom is 0.323 e. The molecule has 0 fully saturated rings. The van der Waals surface area contributed by atoms with Crippen LogP contribution in [0.15, 0.2) is 0 Å². The fourth-order valence-electron chi connectivity index (χ4n) is 1.67. The van der Waals surface area contributed by atoms with E-state index in [4.69, 9.17) is 9.84 Å². The Bertz CT molecular complexity index is 400. The number of aliphatic hydroxyl groups is 1. The van der Waals surface area contributed by atoms with E-state index in [0.29, 0.717) is 37.5 Å². The first kappa shape index (κ1) is 16.4. The second kappa shape index (κ2) is 8.52. The van der Waals surface area contributed by atoms with Gasteiger partial charge in [-0.15, -0.1) is 0 Å². The van der Waals surface area contributed by atoms with Crippen LogP contribution in [0.4, 0.5) is 11.9 Å². The van der Waals surface area contributed by atoms with Gasteiger partial charge in [-0.3, -0.25) is 0 Å². The number of nitrogens with zero attached hydrogens (tertiary/aromatic N) is 4. The van der Waals surface area contributed by atoms with Gasteiger partial charge >= 0.3 is 6.01 Å². The Balaban J connectivity index is 2.99. The average Bonchev–Trinajstić information content (AvgIpc) is 2.45. The Hall–Kier alpha value is -1.63. The van der Waals surface area contributed by atoms with Gasteiger partial charge in [0.25, 0.3) is 0 Å². The van der Waals surface area contributed by atoms with E-state index in [9.17, 15) is 0 Å². The molecule has 1 aromatic heterocycles. The maximum atomic E-state index is 9.00. The van der Waals surface area contributed by atoms with Crippen molar-refractivity contribution < 1.29 is 9.84 Å². The zero-order valence-corrected chi connectivity index (χ0v) is 12.8. The molecule has 1 rings (SSSR count). The van der Waals surface area contributed by atoms with Crippen LogP contribution in [0.1, 0.15) is 33.6 Å². The maximum absolute atomic E-state index is 9.00. The highest BCUT2D eigenvalue weighted by Gasteiger charge is 2.16. The monoisotopic (exact) mass is 283 g/mol. The van der Waals surface area contributed by atoms with Crippen LogP contribution in [-0.4, -0.2) is 52.9 Å². The SMILES string of the molecule is CCCOc1nc(NC)nc(N(CCCO)C(C)C)n1. The Labute approximate surface area is 120 Å². The van der Waals surface area contributed by atoms with E-state index in [0.717, 1.165) is 6.42 Å². The summed E-state index contributed by atoms with van der Waals surface area (Å²) in [5.41, 5.74) is 0. The van der Waals surface area contributed by atoms with Gasteiger partial charge in [0.1, 0.15) is 0 Å². The molecule has 0 aliphatic heterocycles. The summed E-state index contributed by atoms with van der Waals surface area (Å²) in [6.45, 7) is 7.56. The molecule has 7 nitrogen and oxygen atoms in total. The molecule has 0 amide bonds. The lowest BCUT2D eigenvalue weighted by Crippen LogP contribution is -2.34. The molecule has 0 aromatic carbocycles. The van der Waals surface area contributed by atoms with E-state index in [2.05, 4.69) is 34.1 Å². The molecular formula is C13H25N5O2. The number of ether oxygens (including phenoxy) is 1. The van der Waals surface area contributed by atoms with Crippen LogP contribution in [-0.2, 0) is 0 Å². The molecule has 0 atom stereocenters. The molecule has 0 spiro atoms. The summed E-state index contributed by atoms with van der Waals surface area (Å²) in [7, 11) is 1.76. The quantitative estimate of drug-likeness (QED) is 0.706. The van der Waals surface area contributed by atoms with Crippen molar-refractivity contribution >= 4 is 11.9 Å². The van der Waals surface area contributed by atoms with Gasteiger partial charge in [0.2, 0.25) is 11.9 Å². The van der Waals surface area contributed by atoms with Crippen LogP contribution in [0.2, 0.25) is 0 Å². The zero-order valence-electron chi connectivity index (χ0n) is 12.8. The number of nitrogens with one attached hydrogen (secondary N) is 1. The van der Waals surface area contributed by atoms with E-state index >= 15 is 0 Å². The van der Waals surface area contributed by atoms with Gasteiger partial charge in [-0.25, -0.2) is 0 Å². The van der Waals surface area contributed by atoms with Crippen molar-refractivity contribution in [2.45, 2.75) is 39.7 Å². The van der Waals surface area contributed by atoms with Gasteiger partial charge in [0, 0.05) is 26.2 Å². The molecular weight excluding hydrogens is 258 g/mol. The van der Waals surface area contributed by atoms with E-state index < -0.39 is 0 Å². The first-order valence-corrected chi connectivity index (χ1v) is 7.06. The van der Waals surface area contributed by atoms with E-state index in [1.54, 1.807) is 7.05 Å². The molecule has 0 aliphatic rings. The van der Waals surface area contributed by atoms with Crippen molar-refractivity contribution in [3.8, 4) is 6.01 Å². The standard InChI is InChI=1S/C13H25N5O2/c1-5-9-20-13-16-11(14-4)15-12(17-13)18(10(2)3)7-6-8-19/h10,19H,5-9H2,1-4H3,(H,14,15,16,17). The van der Waals surface area contributed by atoms with Crippen LogP contribution in [0.3, 0.4) is 0 Å². The number of aliphatic hydroxyl groups excluding tert-OH is 1. The summed E-state index contributed by atoms with van der Waals surface area (Å²) in [4.78, 5) is 14.9. The summed E-state index contributed by atoms with van der Waals surface area (Å²) in [5.74, 6) is 1.05. The summed E-state index contributed by atoms with van der Waals surface area (Å²) < 4.78 is 5.49. The lowest BCUT2D eigenvalue weighted by molar-refractivity contribution is 0.286. The molecule has 0 saturated heterocycles. The van der Waals surface area contributed by atoms with Crippen molar-refractivity contribution in [2.24, 2.45) is 0 Å². The van der Waals surface area contributed by atoms with Gasteiger partial charge < -0.3 is 20.1 Å². The predicted octanol–water partition coefficient (Wildman–Crippen LogP) is 1.30. The van der Waals surface area contributed by atoms with Crippen molar-refractivity contribution in [1.29, 1.82) is 0 Å². The third kappa shape index (κ3) is 4.80. The third-order valence-corrected chi connectivity index (χ3v) is 2.70. The van der Waals surface area contributed by atoms with Gasteiger partial charge in [0.15, 0.2) is 0 Å². The molecule has 1 heterocycles. The van der Waals surface area contributed by atoms with Crippen LogP contribution >= 0.6 is 0 Å². The van der Waals surface area contributed by atoms with Crippen LogP contribution in [0.25, 0.3) is 0 Å². The van der Waals surface area contributed by atoms with Crippen molar-refractivity contribution in [3.05, 3.63) is 0 Å². The van der Waals surface area contributed by atoms with Gasteiger partial charge in [-0.05, 0) is 26.7 Å². The molecule has 114 valence electrons. The molecule has 0 bridgehead atoms. The lowest BCUT2D eigenvalue weighted by Gasteiger charge is -2.26. The second-order valence-electron chi connectivity index (χ2n) is 4.70. The fraction of sp³-hybridized carbons (Fsp3) is 0.769. The zero-order chi connectivity index (χ0) is 15.0. The highest BCUT2D eigenvalue weighted by Crippen LogP contribution is 2.17. The molecule has 20 heavy (non-hydrogen) atoms. The molecule has 2 N–H and O–H groups in total.